The Bertz CT molecular complexity index is 826. The zero-order chi connectivity index (χ0) is 15.2. The van der Waals surface area contributed by atoms with Crippen molar-refractivity contribution in [3.63, 3.8) is 0 Å². The Morgan fingerprint density at radius 1 is 1.33 bits per heavy atom. The number of H-pyrrole nitrogens is 1. The molecule has 1 amide bonds. The molecule has 0 radical (unpaired) electrons. The van der Waals surface area contributed by atoms with Crippen LogP contribution in [0.4, 0.5) is 11.5 Å². The molecule has 3 N–H and O–H groups in total. The first kappa shape index (κ1) is 13.6. The van der Waals surface area contributed by atoms with Gasteiger partial charge in [0.2, 0.25) is 5.91 Å². The summed E-state index contributed by atoms with van der Waals surface area (Å²) in [4.78, 5) is 11.7. The van der Waals surface area contributed by atoms with Crippen molar-refractivity contribution in [3.8, 4) is 0 Å². The van der Waals surface area contributed by atoms with Gasteiger partial charge in [0, 0.05) is 11.3 Å². The van der Waals surface area contributed by atoms with E-state index in [0.29, 0.717) is 22.6 Å². The van der Waals surface area contributed by atoms with Gasteiger partial charge in [-0.3, -0.25) is 14.6 Å². The molecule has 1 aliphatic heterocycles. The maximum absolute atomic E-state index is 12.4. The van der Waals surface area contributed by atoms with Crippen molar-refractivity contribution in [2.75, 3.05) is 10.0 Å². The Labute approximate surface area is 121 Å². The Morgan fingerprint density at radius 3 is 2.76 bits per heavy atom. The third kappa shape index (κ3) is 2.27. The highest BCUT2D eigenvalue weighted by Gasteiger charge is 2.28. The molecule has 2 aromatic rings. The fourth-order valence-electron chi connectivity index (χ4n) is 2.21. The molecule has 1 atom stereocenters. The van der Waals surface area contributed by atoms with Gasteiger partial charge in [0.15, 0.2) is 0 Å². The number of nitrogens with one attached hydrogen (secondary N) is 3. The van der Waals surface area contributed by atoms with Gasteiger partial charge in [-0.05, 0) is 37.6 Å². The highest BCUT2D eigenvalue weighted by molar-refractivity contribution is 7.92. The van der Waals surface area contributed by atoms with E-state index in [1.54, 1.807) is 19.9 Å². The second kappa shape index (κ2) is 4.59. The Balaban J connectivity index is 1.98. The molecule has 1 aliphatic rings. The fraction of sp³-hybridized carbons (Fsp3) is 0.231. The minimum absolute atomic E-state index is 0.110. The monoisotopic (exact) mass is 306 g/mol. The molecule has 21 heavy (non-hydrogen) atoms. The number of carbonyl (C=O) groups excluding carboxylic acids is 1. The van der Waals surface area contributed by atoms with Gasteiger partial charge in [0.1, 0.15) is 5.82 Å². The number of carbonyl (C=O) groups is 1. The average molecular weight is 306 g/mol. The maximum atomic E-state index is 12.4. The number of nitrogens with zero attached hydrogens (tertiary/aromatic N) is 1. The van der Waals surface area contributed by atoms with Gasteiger partial charge < -0.3 is 5.32 Å². The first-order chi connectivity index (χ1) is 9.88. The van der Waals surface area contributed by atoms with Crippen LogP contribution < -0.4 is 10.0 Å². The van der Waals surface area contributed by atoms with Gasteiger partial charge in [-0.2, -0.15) is 5.10 Å². The molecule has 2 heterocycles. The molecular weight excluding hydrogens is 292 g/mol. The summed E-state index contributed by atoms with van der Waals surface area (Å²) in [7, 11) is -3.73. The molecule has 0 saturated heterocycles. The average Bonchev–Trinajstić information content (AvgIpc) is 2.94. The minimum atomic E-state index is -3.73. The molecule has 0 spiro atoms. The van der Waals surface area contributed by atoms with E-state index < -0.39 is 10.0 Å². The standard InChI is InChI=1S/C13H14N4O3S/c1-7-6-14-16-12(7)17-21(19,20)9-3-4-11-10(5-9)8(2)13(18)15-11/h3-6,8H,1-2H3,(H,15,18)(H2,14,16,17). The summed E-state index contributed by atoms with van der Waals surface area (Å²) in [6.07, 6.45) is 1.53. The highest BCUT2D eigenvalue weighted by atomic mass is 32.2. The van der Waals surface area contributed by atoms with Gasteiger partial charge in [-0.15, -0.1) is 0 Å². The molecule has 8 heteroatoms. The Hall–Kier alpha value is -2.35. The lowest BCUT2D eigenvalue weighted by atomic mass is 10.0. The van der Waals surface area contributed by atoms with Crippen LogP contribution in [-0.4, -0.2) is 24.5 Å². The first-order valence-corrected chi connectivity index (χ1v) is 7.84. The van der Waals surface area contributed by atoms with Crippen LogP contribution in [0, 0.1) is 6.92 Å². The summed E-state index contributed by atoms with van der Waals surface area (Å²) in [6.45, 7) is 3.48. The molecular formula is C13H14N4O3S. The first-order valence-electron chi connectivity index (χ1n) is 6.36. The second-order valence-corrected chi connectivity index (χ2v) is 6.68. The number of aromatic amines is 1. The number of sulfonamides is 1. The minimum Gasteiger partial charge on any atom is -0.325 e. The normalized spacial score (nSPS) is 17.4. The van der Waals surface area contributed by atoms with Gasteiger partial charge in [0.05, 0.1) is 17.0 Å². The summed E-state index contributed by atoms with van der Waals surface area (Å²) in [5, 5.41) is 9.08. The predicted octanol–water partition coefficient (Wildman–Crippen LogP) is 1.57. The van der Waals surface area contributed by atoms with Crippen LogP contribution in [0.25, 0.3) is 0 Å². The van der Waals surface area contributed by atoms with Gasteiger partial charge in [-0.25, -0.2) is 8.42 Å². The van der Waals surface area contributed by atoms with E-state index in [2.05, 4.69) is 20.2 Å². The van der Waals surface area contributed by atoms with Crippen molar-refractivity contribution >= 4 is 27.4 Å². The molecule has 0 aliphatic carbocycles. The largest absolute Gasteiger partial charge is 0.325 e. The zero-order valence-corrected chi connectivity index (χ0v) is 12.3. The van der Waals surface area contributed by atoms with Crippen LogP contribution in [0.3, 0.4) is 0 Å². The molecule has 1 aromatic heterocycles. The van der Waals surface area contributed by atoms with Gasteiger partial charge in [-0.1, -0.05) is 0 Å². The number of benzene rings is 1. The Kier molecular flexibility index (Phi) is 2.98. The zero-order valence-electron chi connectivity index (χ0n) is 11.5. The number of hydrogen-bond donors (Lipinski definition) is 3. The summed E-state index contributed by atoms with van der Waals surface area (Å²) in [5.41, 5.74) is 2.04. The van der Waals surface area contributed by atoms with Crippen LogP contribution in [0.2, 0.25) is 0 Å². The van der Waals surface area contributed by atoms with E-state index in [1.165, 1.54) is 18.3 Å². The molecule has 7 nitrogen and oxygen atoms in total. The number of hydrogen-bond acceptors (Lipinski definition) is 4. The SMILES string of the molecule is Cc1cn[nH]c1NS(=O)(=O)c1ccc2c(c1)C(C)C(=O)N2. The van der Waals surface area contributed by atoms with Crippen molar-refractivity contribution in [1.29, 1.82) is 0 Å². The van der Waals surface area contributed by atoms with Gasteiger partial charge in [0.25, 0.3) is 10.0 Å². The lowest BCUT2D eigenvalue weighted by Gasteiger charge is -2.09. The molecule has 3 rings (SSSR count). The molecule has 110 valence electrons. The molecule has 1 aromatic carbocycles. The van der Waals surface area contributed by atoms with Crippen molar-refractivity contribution in [2.24, 2.45) is 0 Å². The summed E-state index contributed by atoms with van der Waals surface area (Å²) in [5.74, 6) is -0.154. The predicted molar refractivity (Wildman–Crippen MR) is 77.6 cm³/mol. The number of amides is 1. The lowest BCUT2D eigenvalue weighted by molar-refractivity contribution is -0.116. The molecule has 0 saturated carbocycles. The summed E-state index contributed by atoms with van der Waals surface area (Å²) < 4.78 is 27.2. The molecule has 0 bridgehead atoms. The van der Waals surface area contributed by atoms with Crippen molar-refractivity contribution in [3.05, 3.63) is 35.5 Å². The van der Waals surface area contributed by atoms with Crippen LogP contribution in [0.1, 0.15) is 24.0 Å². The van der Waals surface area contributed by atoms with Crippen LogP contribution in [-0.2, 0) is 14.8 Å². The highest BCUT2D eigenvalue weighted by Crippen LogP contribution is 2.34. The number of rotatable bonds is 3. The third-order valence-electron chi connectivity index (χ3n) is 3.52. The van der Waals surface area contributed by atoms with Crippen LogP contribution >= 0.6 is 0 Å². The van der Waals surface area contributed by atoms with Crippen molar-refractivity contribution in [1.82, 2.24) is 10.2 Å². The quantitative estimate of drug-likeness (QED) is 0.800. The second-order valence-electron chi connectivity index (χ2n) is 4.99. The summed E-state index contributed by atoms with van der Waals surface area (Å²) in [6, 6.07) is 4.59. The fourth-order valence-corrected chi connectivity index (χ4v) is 3.33. The van der Waals surface area contributed by atoms with Crippen molar-refractivity contribution in [2.45, 2.75) is 24.7 Å². The lowest BCUT2D eigenvalue weighted by Crippen LogP contribution is -2.14. The number of anilines is 2. The summed E-state index contributed by atoms with van der Waals surface area (Å²) >= 11 is 0. The molecule has 0 fully saturated rings. The maximum Gasteiger partial charge on any atom is 0.263 e. The smallest absolute Gasteiger partial charge is 0.263 e. The van der Waals surface area contributed by atoms with E-state index in [4.69, 9.17) is 0 Å². The van der Waals surface area contributed by atoms with Gasteiger partial charge >= 0.3 is 0 Å². The third-order valence-corrected chi connectivity index (χ3v) is 4.86. The van der Waals surface area contributed by atoms with E-state index in [-0.39, 0.29) is 16.7 Å². The number of fused-ring (bicyclic) bond motifs is 1. The van der Waals surface area contributed by atoms with Crippen molar-refractivity contribution < 1.29 is 13.2 Å². The van der Waals surface area contributed by atoms with Crippen LogP contribution in [0.5, 0.6) is 0 Å². The topological polar surface area (TPSA) is 104 Å². The van der Waals surface area contributed by atoms with E-state index in [0.717, 1.165) is 0 Å². The van der Waals surface area contributed by atoms with E-state index in [9.17, 15) is 13.2 Å². The number of aryl methyl sites for hydroxylation is 1. The van der Waals surface area contributed by atoms with Crippen LogP contribution in [0.15, 0.2) is 29.3 Å². The Morgan fingerprint density at radius 2 is 2.10 bits per heavy atom. The number of aromatic nitrogens is 2. The molecule has 1 unspecified atom stereocenters. The van der Waals surface area contributed by atoms with E-state index in [1.807, 2.05) is 0 Å². The van der Waals surface area contributed by atoms with E-state index >= 15 is 0 Å².